The van der Waals surface area contributed by atoms with Crippen LogP contribution < -0.4 is 0 Å². The summed E-state index contributed by atoms with van der Waals surface area (Å²) in [6.45, 7) is 0.559. The second kappa shape index (κ2) is 5.96. The van der Waals surface area contributed by atoms with Gasteiger partial charge < -0.3 is 4.84 Å². The lowest BCUT2D eigenvalue weighted by Gasteiger charge is -2.38. The Morgan fingerprint density at radius 3 is 2.55 bits per heavy atom. The van der Waals surface area contributed by atoms with Crippen molar-refractivity contribution >= 4 is 5.71 Å². The van der Waals surface area contributed by atoms with Gasteiger partial charge in [0.15, 0.2) is 0 Å². The molecule has 0 aromatic heterocycles. The summed E-state index contributed by atoms with van der Waals surface area (Å²) in [6, 6.07) is 19.1. The third kappa shape index (κ3) is 2.43. The van der Waals surface area contributed by atoms with E-state index in [0.29, 0.717) is 18.4 Å². The number of nitrogens with zero attached hydrogens (tertiary/aromatic N) is 1. The molecule has 22 heavy (non-hydrogen) atoms. The maximum atomic E-state index is 5.67. The van der Waals surface area contributed by atoms with Crippen LogP contribution in [0.2, 0.25) is 0 Å². The highest BCUT2D eigenvalue weighted by molar-refractivity contribution is 5.94. The fraction of sp³-hybridized carbons (Fsp3) is 0.350. The van der Waals surface area contributed by atoms with Crippen LogP contribution in [0, 0.1) is 0 Å². The van der Waals surface area contributed by atoms with Crippen molar-refractivity contribution < 1.29 is 4.84 Å². The number of benzene rings is 2. The minimum Gasteiger partial charge on any atom is -0.391 e. The minimum atomic E-state index is 0.495. The van der Waals surface area contributed by atoms with Gasteiger partial charge in [0.2, 0.25) is 0 Å². The van der Waals surface area contributed by atoms with Crippen molar-refractivity contribution in [3.05, 3.63) is 71.3 Å². The molecule has 112 valence electrons. The molecule has 0 radical (unpaired) electrons. The van der Waals surface area contributed by atoms with Gasteiger partial charge in [-0.1, -0.05) is 66.2 Å². The number of hydrogen-bond acceptors (Lipinski definition) is 2. The zero-order chi connectivity index (χ0) is 14.8. The molecule has 0 spiro atoms. The van der Waals surface area contributed by atoms with E-state index < -0.39 is 0 Å². The molecular formula is C20H21NO. The van der Waals surface area contributed by atoms with E-state index in [2.05, 4.69) is 41.6 Å². The van der Waals surface area contributed by atoms with Gasteiger partial charge in [-0.3, -0.25) is 0 Å². The van der Waals surface area contributed by atoms with E-state index in [9.17, 15) is 0 Å². The molecule has 0 amide bonds. The van der Waals surface area contributed by atoms with E-state index in [-0.39, 0.29) is 0 Å². The lowest BCUT2D eigenvalue weighted by Crippen LogP contribution is -2.29. The van der Waals surface area contributed by atoms with Gasteiger partial charge in [-0.2, -0.15) is 0 Å². The lowest BCUT2D eigenvalue weighted by molar-refractivity contribution is 0.128. The van der Waals surface area contributed by atoms with Crippen molar-refractivity contribution in [1.82, 2.24) is 0 Å². The first-order valence-corrected chi connectivity index (χ1v) is 8.25. The summed E-state index contributed by atoms with van der Waals surface area (Å²) in [4.78, 5) is 5.67. The fourth-order valence-electron chi connectivity index (χ4n) is 3.86. The van der Waals surface area contributed by atoms with Crippen molar-refractivity contribution in [2.45, 2.75) is 44.1 Å². The largest absolute Gasteiger partial charge is 0.391 e. The number of fused-ring (bicyclic) bond motifs is 4. The Morgan fingerprint density at radius 1 is 0.909 bits per heavy atom. The van der Waals surface area contributed by atoms with Gasteiger partial charge in [0.1, 0.15) is 6.61 Å². The molecule has 4 rings (SSSR count). The topological polar surface area (TPSA) is 21.6 Å². The third-order valence-corrected chi connectivity index (χ3v) is 4.95. The minimum absolute atomic E-state index is 0.495. The molecule has 2 aliphatic rings. The predicted molar refractivity (Wildman–Crippen MR) is 89.1 cm³/mol. The number of oxime groups is 1. The molecule has 2 atom stereocenters. The van der Waals surface area contributed by atoms with E-state index >= 15 is 0 Å². The van der Waals surface area contributed by atoms with Crippen molar-refractivity contribution in [3.8, 4) is 0 Å². The van der Waals surface area contributed by atoms with E-state index in [1.54, 1.807) is 0 Å². The summed E-state index contributed by atoms with van der Waals surface area (Å²) in [5, 5.41) is 4.54. The van der Waals surface area contributed by atoms with Crippen LogP contribution in [-0.2, 0) is 11.4 Å². The molecule has 1 saturated carbocycles. The fourth-order valence-corrected chi connectivity index (χ4v) is 3.86. The molecule has 2 nitrogen and oxygen atoms in total. The second-order valence-electron chi connectivity index (χ2n) is 6.30. The second-order valence-corrected chi connectivity index (χ2v) is 6.30. The van der Waals surface area contributed by atoms with Crippen LogP contribution >= 0.6 is 0 Å². The first-order valence-electron chi connectivity index (χ1n) is 8.25. The SMILES string of the molecule is c1ccc(CO/N=C2\CCCCC3c4ccccc4C23)cc1. The zero-order valence-electron chi connectivity index (χ0n) is 12.7. The van der Waals surface area contributed by atoms with Crippen LogP contribution in [0.3, 0.4) is 0 Å². The molecule has 0 aliphatic heterocycles. The number of hydrogen-bond donors (Lipinski definition) is 0. The Bertz CT molecular complexity index is 677. The Morgan fingerprint density at radius 2 is 1.68 bits per heavy atom. The van der Waals surface area contributed by atoms with Gasteiger partial charge >= 0.3 is 0 Å². The van der Waals surface area contributed by atoms with Crippen LogP contribution in [0.25, 0.3) is 0 Å². The van der Waals surface area contributed by atoms with Crippen LogP contribution in [0.4, 0.5) is 0 Å². The van der Waals surface area contributed by atoms with Crippen molar-refractivity contribution in [2.75, 3.05) is 0 Å². The summed E-state index contributed by atoms with van der Waals surface area (Å²) < 4.78 is 0. The molecule has 0 heterocycles. The lowest BCUT2D eigenvalue weighted by atomic mass is 9.65. The standard InChI is InChI=1S/C20H21NO/c1-2-8-15(9-3-1)14-22-21-19-13-7-6-12-18-16-10-4-5-11-17(16)20(18)19/h1-5,8-11,18,20H,6-7,12-14H2/b21-19+. The van der Waals surface area contributed by atoms with Gasteiger partial charge in [0.05, 0.1) is 5.71 Å². The smallest absolute Gasteiger partial charge is 0.142 e. The van der Waals surface area contributed by atoms with Crippen molar-refractivity contribution in [2.24, 2.45) is 5.16 Å². The van der Waals surface area contributed by atoms with E-state index in [0.717, 1.165) is 6.42 Å². The third-order valence-electron chi connectivity index (χ3n) is 4.95. The normalized spacial score (nSPS) is 24.8. The molecule has 0 N–H and O–H groups in total. The molecule has 2 aromatic rings. The summed E-state index contributed by atoms with van der Waals surface area (Å²) in [6.07, 6.45) is 4.89. The highest BCUT2D eigenvalue weighted by Crippen LogP contribution is 2.52. The maximum Gasteiger partial charge on any atom is 0.142 e. The first kappa shape index (κ1) is 13.6. The molecule has 2 aliphatic carbocycles. The maximum absolute atomic E-state index is 5.67. The quantitative estimate of drug-likeness (QED) is 0.728. The van der Waals surface area contributed by atoms with Crippen LogP contribution in [0.5, 0.6) is 0 Å². The monoisotopic (exact) mass is 291 g/mol. The Balaban J connectivity index is 1.52. The summed E-state index contributed by atoms with van der Waals surface area (Å²) in [5.74, 6) is 1.16. The molecule has 0 bridgehead atoms. The van der Waals surface area contributed by atoms with Gasteiger partial charge in [-0.05, 0) is 41.9 Å². The average molecular weight is 291 g/mol. The first-order chi connectivity index (χ1) is 10.9. The Labute approximate surface area is 131 Å². The molecule has 2 heteroatoms. The van der Waals surface area contributed by atoms with E-state index in [1.165, 1.54) is 41.7 Å². The number of rotatable bonds is 3. The molecule has 0 saturated heterocycles. The predicted octanol–water partition coefficient (Wildman–Crippen LogP) is 5.01. The van der Waals surface area contributed by atoms with Crippen molar-refractivity contribution in [1.29, 1.82) is 0 Å². The van der Waals surface area contributed by atoms with E-state index in [1.807, 2.05) is 18.2 Å². The van der Waals surface area contributed by atoms with Crippen LogP contribution in [-0.4, -0.2) is 5.71 Å². The molecule has 2 unspecified atom stereocenters. The summed E-state index contributed by atoms with van der Waals surface area (Å²) in [7, 11) is 0. The van der Waals surface area contributed by atoms with Crippen molar-refractivity contribution in [3.63, 3.8) is 0 Å². The molecule has 2 aromatic carbocycles. The van der Waals surface area contributed by atoms with Gasteiger partial charge in [0, 0.05) is 5.92 Å². The zero-order valence-corrected chi connectivity index (χ0v) is 12.7. The van der Waals surface area contributed by atoms with Crippen LogP contribution in [0.15, 0.2) is 59.8 Å². The average Bonchev–Trinajstić information content (AvgIpc) is 2.73. The Kier molecular flexibility index (Phi) is 3.67. The Hall–Kier alpha value is -2.09. The van der Waals surface area contributed by atoms with Gasteiger partial charge in [-0.25, -0.2) is 0 Å². The molecule has 1 fully saturated rings. The van der Waals surface area contributed by atoms with E-state index in [4.69, 9.17) is 4.84 Å². The summed E-state index contributed by atoms with van der Waals surface area (Å²) >= 11 is 0. The highest BCUT2D eigenvalue weighted by Gasteiger charge is 2.41. The summed E-state index contributed by atoms with van der Waals surface area (Å²) in [5.41, 5.74) is 5.42. The van der Waals surface area contributed by atoms with Gasteiger partial charge in [0.25, 0.3) is 0 Å². The molecular weight excluding hydrogens is 270 g/mol. The van der Waals surface area contributed by atoms with Crippen LogP contribution in [0.1, 0.15) is 54.2 Å². The highest BCUT2D eigenvalue weighted by atomic mass is 16.6. The van der Waals surface area contributed by atoms with Gasteiger partial charge in [-0.15, -0.1) is 0 Å².